The van der Waals surface area contributed by atoms with Crippen molar-refractivity contribution in [3.63, 3.8) is 0 Å². The van der Waals surface area contributed by atoms with Crippen LogP contribution < -0.4 is 0 Å². The van der Waals surface area contributed by atoms with Crippen molar-refractivity contribution >= 4 is 20.4 Å². The molecule has 0 spiro atoms. The quantitative estimate of drug-likeness (QED) is 0.608. The van der Waals surface area contributed by atoms with Gasteiger partial charge in [-0.3, -0.25) is 0 Å². The Morgan fingerprint density at radius 3 is 2.52 bits per heavy atom. The molecule has 25 heavy (non-hydrogen) atoms. The highest BCUT2D eigenvalue weighted by atomic mass is 28.4. The Morgan fingerprint density at radius 1 is 1.28 bits per heavy atom. The molecule has 0 aliphatic carbocycles. The van der Waals surface area contributed by atoms with E-state index in [1.807, 2.05) is 37.8 Å². The maximum absolute atomic E-state index is 12.0. The van der Waals surface area contributed by atoms with Crippen molar-refractivity contribution in [1.82, 2.24) is 0 Å². The summed E-state index contributed by atoms with van der Waals surface area (Å²) >= 11 is 0. The van der Waals surface area contributed by atoms with Crippen LogP contribution in [-0.4, -0.2) is 50.0 Å². The molecule has 0 unspecified atom stereocenters. The van der Waals surface area contributed by atoms with Crippen molar-refractivity contribution in [3.8, 4) is 0 Å². The van der Waals surface area contributed by atoms with Crippen LogP contribution in [0.5, 0.6) is 0 Å². The number of carbonyl (C=O) groups is 2. The van der Waals surface area contributed by atoms with Gasteiger partial charge in [-0.05, 0) is 32.1 Å². The number of hydrogen-bond acceptors (Lipinski definition) is 7. The van der Waals surface area contributed by atoms with Crippen LogP contribution in [0.2, 0.25) is 19.6 Å². The molecule has 1 aromatic carbocycles. The first-order chi connectivity index (χ1) is 11.6. The first-order valence-electron chi connectivity index (χ1n) is 8.04. The maximum atomic E-state index is 12.0. The first kappa shape index (κ1) is 19.4. The van der Waals surface area contributed by atoms with E-state index in [9.17, 15) is 14.7 Å². The smallest absolute Gasteiger partial charge is 0.454 e. The lowest BCUT2D eigenvalue weighted by atomic mass is 9.98. The topological polar surface area (TPSA) is 91.3 Å². The van der Waals surface area contributed by atoms with Gasteiger partial charge < -0.3 is 23.7 Å². The Labute approximate surface area is 148 Å². The molecule has 1 aliphatic heterocycles. The number of cyclic esters (lactones) is 1. The summed E-state index contributed by atoms with van der Waals surface area (Å²) < 4.78 is 21.1. The minimum absolute atomic E-state index is 0.0272. The van der Waals surface area contributed by atoms with Crippen molar-refractivity contribution in [3.05, 3.63) is 35.9 Å². The van der Waals surface area contributed by atoms with Crippen LogP contribution >= 0.6 is 0 Å². The predicted molar refractivity (Wildman–Crippen MR) is 91.3 cm³/mol. The zero-order valence-corrected chi connectivity index (χ0v) is 15.9. The Bertz CT molecular complexity index is 609. The standard InChI is InChI=1S/C17H24O7Si/c1-17(20)14(13(23-15(17)18)11-22-25(2,3)4)24-16(19)21-10-12-8-6-5-7-9-12/h5-9,13-14,20H,10-11H2,1-4H3/t13-,14-,17+/m1/s1. The molecule has 0 radical (unpaired) electrons. The largest absolute Gasteiger partial charge is 0.509 e. The molecule has 1 fully saturated rings. The van der Waals surface area contributed by atoms with Gasteiger partial charge in [0.05, 0.1) is 6.61 Å². The number of hydrogen-bond donors (Lipinski definition) is 1. The highest BCUT2D eigenvalue weighted by Crippen LogP contribution is 2.30. The van der Waals surface area contributed by atoms with Crippen LogP contribution in [0.4, 0.5) is 4.79 Å². The predicted octanol–water partition coefficient (Wildman–Crippen LogP) is 2.24. The van der Waals surface area contributed by atoms with E-state index >= 15 is 0 Å². The van der Waals surface area contributed by atoms with Gasteiger partial charge in [0.25, 0.3) is 0 Å². The molecule has 3 atom stereocenters. The number of aliphatic hydroxyl groups is 1. The van der Waals surface area contributed by atoms with Crippen LogP contribution in [0.15, 0.2) is 30.3 Å². The molecule has 1 aromatic rings. The number of ether oxygens (including phenoxy) is 3. The second-order valence-electron chi connectivity index (χ2n) is 7.08. The molecule has 0 aromatic heterocycles. The van der Waals surface area contributed by atoms with E-state index in [-0.39, 0.29) is 13.2 Å². The second-order valence-corrected chi connectivity index (χ2v) is 11.6. The molecule has 138 valence electrons. The molecular formula is C17H24O7Si. The van der Waals surface area contributed by atoms with Crippen LogP contribution in [0.1, 0.15) is 12.5 Å². The van der Waals surface area contributed by atoms with Crippen LogP contribution in [0.3, 0.4) is 0 Å². The summed E-state index contributed by atoms with van der Waals surface area (Å²) in [4.78, 5) is 23.8. The summed E-state index contributed by atoms with van der Waals surface area (Å²) in [7, 11) is -1.87. The van der Waals surface area contributed by atoms with Gasteiger partial charge in [-0.2, -0.15) is 0 Å². The van der Waals surface area contributed by atoms with Crippen LogP contribution in [0.25, 0.3) is 0 Å². The monoisotopic (exact) mass is 368 g/mol. The summed E-state index contributed by atoms with van der Waals surface area (Å²) in [5.41, 5.74) is -1.15. The number of benzene rings is 1. The van der Waals surface area contributed by atoms with Crippen molar-refractivity contribution in [2.75, 3.05) is 6.61 Å². The fourth-order valence-electron chi connectivity index (χ4n) is 2.30. The van der Waals surface area contributed by atoms with E-state index in [4.69, 9.17) is 18.6 Å². The van der Waals surface area contributed by atoms with Crippen molar-refractivity contribution in [2.24, 2.45) is 0 Å². The van der Waals surface area contributed by atoms with Gasteiger partial charge in [0.15, 0.2) is 26.1 Å². The lowest BCUT2D eigenvalue weighted by Gasteiger charge is -2.26. The SMILES string of the molecule is C[C@@]1(O)C(=O)O[C@H](CO[Si](C)(C)C)[C@H]1OC(=O)OCc1ccccc1. The lowest BCUT2D eigenvalue weighted by Crippen LogP contribution is -2.48. The highest BCUT2D eigenvalue weighted by Gasteiger charge is 2.56. The summed E-state index contributed by atoms with van der Waals surface area (Å²) in [6.45, 7) is 7.26. The summed E-state index contributed by atoms with van der Waals surface area (Å²) in [6.07, 6.45) is -3.05. The van der Waals surface area contributed by atoms with Crippen LogP contribution in [0, 0.1) is 0 Å². The maximum Gasteiger partial charge on any atom is 0.509 e. The first-order valence-corrected chi connectivity index (χ1v) is 11.4. The number of esters is 1. The van der Waals surface area contributed by atoms with Gasteiger partial charge in [0, 0.05) is 0 Å². The Balaban J connectivity index is 1.97. The molecule has 0 amide bonds. The van der Waals surface area contributed by atoms with E-state index in [1.165, 1.54) is 6.92 Å². The summed E-state index contributed by atoms with van der Waals surface area (Å²) in [5, 5.41) is 10.3. The van der Waals surface area contributed by atoms with Gasteiger partial charge in [-0.15, -0.1) is 0 Å². The molecule has 1 heterocycles. The average molecular weight is 368 g/mol. The Morgan fingerprint density at radius 2 is 1.92 bits per heavy atom. The molecule has 0 bridgehead atoms. The van der Waals surface area contributed by atoms with Gasteiger partial charge in [0.2, 0.25) is 0 Å². The van der Waals surface area contributed by atoms with Crippen molar-refractivity contribution in [2.45, 2.75) is 51.0 Å². The zero-order valence-electron chi connectivity index (χ0n) is 14.9. The molecule has 1 aliphatic rings. The molecule has 0 saturated carbocycles. The van der Waals surface area contributed by atoms with Crippen molar-refractivity contribution < 1.29 is 33.3 Å². The third kappa shape index (κ3) is 5.28. The minimum Gasteiger partial charge on any atom is -0.454 e. The van der Waals surface area contributed by atoms with Gasteiger partial charge in [-0.1, -0.05) is 30.3 Å². The van der Waals surface area contributed by atoms with Gasteiger partial charge in [-0.25, -0.2) is 9.59 Å². The Hall–Kier alpha value is -1.90. The third-order valence-corrected chi connectivity index (χ3v) is 4.70. The van der Waals surface area contributed by atoms with E-state index < -0.39 is 38.3 Å². The number of rotatable bonds is 6. The fraction of sp³-hybridized carbons (Fsp3) is 0.529. The van der Waals surface area contributed by atoms with E-state index in [0.29, 0.717) is 0 Å². The van der Waals surface area contributed by atoms with Crippen LogP contribution in [-0.2, 0) is 30.0 Å². The third-order valence-electron chi connectivity index (χ3n) is 3.67. The normalized spacial score (nSPS) is 26.2. The molecular weight excluding hydrogens is 344 g/mol. The van der Waals surface area contributed by atoms with E-state index in [0.717, 1.165) is 5.56 Å². The Kier molecular flexibility index (Phi) is 5.86. The summed E-state index contributed by atoms with van der Waals surface area (Å²) in [5.74, 6) is -0.850. The molecule has 1 N–H and O–H groups in total. The highest BCUT2D eigenvalue weighted by molar-refractivity contribution is 6.69. The number of carbonyl (C=O) groups excluding carboxylic acids is 2. The fourth-order valence-corrected chi connectivity index (χ4v) is 2.96. The van der Waals surface area contributed by atoms with Gasteiger partial charge >= 0.3 is 12.1 Å². The second kappa shape index (κ2) is 7.55. The molecule has 1 saturated heterocycles. The molecule has 2 rings (SSSR count). The minimum atomic E-state index is -1.95. The average Bonchev–Trinajstić information content (AvgIpc) is 2.74. The van der Waals surface area contributed by atoms with Crippen molar-refractivity contribution in [1.29, 1.82) is 0 Å². The zero-order chi connectivity index (χ0) is 18.7. The lowest BCUT2D eigenvalue weighted by molar-refractivity contribution is -0.155. The van der Waals surface area contributed by atoms with Gasteiger partial charge in [0.1, 0.15) is 6.61 Å². The molecule has 8 heteroatoms. The molecule has 7 nitrogen and oxygen atoms in total. The summed E-state index contributed by atoms with van der Waals surface area (Å²) in [6, 6.07) is 9.10. The van der Waals surface area contributed by atoms with E-state index in [2.05, 4.69) is 0 Å². The van der Waals surface area contributed by atoms with E-state index in [1.54, 1.807) is 12.1 Å².